The van der Waals surface area contributed by atoms with Crippen molar-refractivity contribution >= 4 is 33.0 Å². The first kappa shape index (κ1) is 23.4. The molecule has 11 heteroatoms. The summed E-state index contributed by atoms with van der Waals surface area (Å²) < 4.78 is 38.4. The molecule has 1 amide bonds. The number of carbonyl (C=O) groups is 1. The van der Waals surface area contributed by atoms with Gasteiger partial charge < -0.3 is 14.6 Å². The number of aryl methyl sites for hydroxylation is 3. The van der Waals surface area contributed by atoms with Gasteiger partial charge in [0.05, 0.1) is 22.6 Å². The predicted molar refractivity (Wildman–Crippen MR) is 125 cm³/mol. The standard InChI is InChI=1S/C22H26N4O5S2/c1-13-5-6-18(30-4)17(11-13)24-22(27)16-7-9-26(10-8-16)33(28,29)20-12-19(32-14(20)2)21-23-15(3)31-25-21/h5-6,11-12,16H,7-10H2,1-4H3,(H,24,27). The average molecular weight is 491 g/mol. The van der Waals surface area contributed by atoms with Crippen molar-refractivity contribution in [3.05, 3.63) is 40.6 Å². The Morgan fingerprint density at radius 1 is 1.21 bits per heavy atom. The number of amides is 1. The van der Waals surface area contributed by atoms with Gasteiger partial charge >= 0.3 is 0 Å². The van der Waals surface area contributed by atoms with E-state index in [2.05, 4.69) is 15.5 Å². The fourth-order valence-electron chi connectivity index (χ4n) is 3.88. The number of thiophene rings is 1. The Hall–Kier alpha value is -2.76. The Bertz CT molecular complexity index is 1270. The van der Waals surface area contributed by atoms with Crippen LogP contribution < -0.4 is 10.1 Å². The molecule has 3 heterocycles. The van der Waals surface area contributed by atoms with Gasteiger partial charge in [0.15, 0.2) is 0 Å². The van der Waals surface area contributed by atoms with Crippen LogP contribution in [-0.4, -0.2) is 49.0 Å². The zero-order valence-electron chi connectivity index (χ0n) is 18.9. The van der Waals surface area contributed by atoms with Crippen LogP contribution in [0.4, 0.5) is 5.69 Å². The van der Waals surface area contributed by atoms with Gasteiger partial charge in [-0.2, -0.15) is 9.29 Å². The molecule has 1 aliphatic heterocycles. The lowest BCUT2D eigenvalue weighted by Gasteiger charge is -2.30. The highest BCUT2D eigenvalue weighted by Gasteiger charge is 2.34. The van der Waals surface area contributed by atoms with Crippen LogP contribution in [0.25, 0.3) is 10.7 Å². The number of ether oxygens (including phenoxy) is 1. The van der Waals surface area contributed by atoms with Crippen LogP contribution >= 0.6 is 11.3 Å². The second kappa shape index (κ2) is 9.24. The topological polar surface area (TPSA) is 115 Å². The first-order valence-corrected chi connectivity index (χ1v) is 12.8. The molecule has 1 aromatic carbocycles. The maximum absolute atomic E-state index is 13.3. The summed E-state index contributed by atoms with van der Waals surface area (Å²) in [5, 5.41) is 6.82. The van der Waals surface area contributed by atoms with Crippen LogP contribution in [0.2, 0.25) is 0 Å². The Morgan fingerprint density at radius 2 is 1.94 bits per heavy atom. The molecule has 2 aromatic heterocycles. The fourth-order valence-corrected chi connectivity index (χ4v) is 6.84. The lowest BCUT2D eigenvalue weighted by Crippen LogP contribution is -2.41. The van der Waals surface area contributed by atoms with Gasteiger partial charge in [0.2, 0.25) is 27.6 Å². The molecule has 0 atom stereocenters. The first-order chi connectivity index (χ1) is 15.7. The number of methoxy groups -OCH3 is 1. The van der Waals surface area contributed by atoms with Crippen LogP contribution in [-0.2, 0) is 14.8 Å². The van der Waals surface area contributed by atoms with Gasteiger partial charge in [0.1, 0.15) is 5.75 Å². The normalized spacial score (nSPS) is 15.5. The highest BCUT2D eigenvalue weighted by Crippen LogP contribution is 2.35. The summed E-state index contributed by atoms with van der Waals surface area (Å²) in [7, 11) is -2.13. The number of nitrogens with zero attached hydrogens (tertiary/aromatic N) is 3. The molecule has 33 heavy (non-hydrogen) atoms. The minimum absolute atomic E-state index is 0.127. The number of nitrogens with one attached hydrogen (secondary N) is 1. The SMILES string of the molecule is COc1ccc(C)cc1NC(=O)C1CCN(S(=O)(=O)c2cc(-c3noc(C)n3)sc2C)CC1. The Morgan fingerprint density at radius 3 is 2.58 bits per heavy atom. The van der Waals surface area contributed by atoms with Crippen LogP contribution in [0, 0.1) is 26.7 Å². The van der Waals surface area contributed by atoms with E-state index in [1.807, 2.05) is 25.1 Å². The molecule has 0 bridgehead atoms. The molecule has 1 fully saturated rings. The fraction of sp³-hybridized carbons (Fsp3) is 0.409. The van der Waals surface area contributed by atoms with E-state index < -0.39 is 10.0 Å². The summed E-state index contributed by atoms with van der Waals surface area (Å²) in [4.78, 5) is 18.6. The lowest BCUT2D eigenvalue weighted by molar-refractivity contribution is -0.120. The Kier molecular flexibility index (Phi) is 6.55. The van der Waals surface area contributed by atoms with Crippen LogP contribution in [0.3, 0.4) is 0 Å². The van der Waals surface area contributed by atoms with Gasteiger partial charge in [-0.3, -0.25) is 4.79 Å². The van der Waals surface area contributed by atoms with Crippen LogP contribution in [0.1, 0.15) is 29.2 Å². The van der Waals surface area contributed by atoms with Crippen molar-refractivity contribution in [3.8, 4) is 16.5 Å². The van der Waals surface area contributed by atoms with Gasteiger partial charge in [-0.15, -0.1) is 11.3 Å². The van der Waals surface area contributed by atoms with E-state index in [1.165, 1.54) is 15.6 Å². The Labute approximate surface area is 196 Å². The molecule has 3 aromatic rings. The predicted octanol–water partition coefficient (Wildman–Crippen LogP) is 3.77. The van der Waals surface area contributed by atoms with E-state index in [0.29, 0.717) is 45.7 Å². The van der Waals surface area contributed by atoms with Gasteiger partial charge in [0, 0.05) is 30.8 Å². The van der Waals surface area contributed by atoms with Crippen LogP contribution in [0.15, 0.2) is 33.7 Å². The number of aromatic nitrogens is 2. The number of piperidine rings is 1. The third-order valence-electron chi connectivity index (χ3n) is 5.68. The molecular weight excluding hydrogens is 464 g/mol. The number of hydrogen-bond acceptors (Lipinski definition) is 8. The van der Waals surface area contributed by atoms with E-state index >= 15 is 0 Å². The number of anilines is 1. The van der Waals surface area contributed by atoms with E-state index in [9.17, 15) is 13.2 Å². The number of benzene rings is 1. The number of hydrogen-bond donors (Lipinski definition) is 1. The monoisotopic (exact) mass is 490 g/mol. The highest BCUT2D eigenvalue weighted by atomic mass is 32.2. The molecule has 4 rings (SSSR count). The Balaban J connectivity index is 1.44. The molecule has 176 valence electrons. The van der Waals surface area contributed by atoms with Crippen molar-refractivity contribution in [2.75, 3.05) is 25.5 Å². The van der Waals surface area contributed by atoms with Crippen molar-refractivity contribution in [2.45, 2.75) is 38.5 Å². The molecule has 1 aliphatic rings. The lowest BCUT2D eigenvalue weighted by atomic mass is 9.97. The van der Waals surface area contributed by atoms with Crippen LogP contribution in [0.5, 0.6) is 5.75 Å². The third-order valence-corrected chi connectivity index (χ3v) is 8.88. The van der Waals surface area contributed by atoms with Crippen molar-refractivity contribution in [3.63, 3.8) is 0 Å². The number of rotatable bonds is 6. The molecule has 0 radical (unpaired) electrons. The number of carbonyl (C=O) groups excluding carboxylic acids is 1. The summed E-state index contributed by atoms with van der Waals surface area (Å²) in [5.41, 5.74) is 1.63. The van der Waals surface area contributed by atoms with Gasteiger partial charge in [0.25, 0.3) is 0 Å². The number of sulfonamides is 1. The van der Waals surface area contributed by atoms with Gasteiger partial charge in [-0.1, -0.05) is 11.2 Å². The molecule has 0 saturated carbocycles. The summed E-state index contributed by atoms with van der Waals surface area (Å²) in [6.45, 7) is 5.94. The summed E-state index contributed by atoms with van der Waals surface area (Å²) >= 11 is 1.32. The van der Waals surface area contributed by atoms with Gasteiger partial charge in [-0.05, 0) is 50.5 Å². The molecule has 0 spiro atoms. The van der Waals surface area contributed by atoms with Crippen molar-refractivity contribution < 1.29 is 22.5 Å². The third kappa shape index (κ3) is 4.80. The zero-order chi connectivity index (χ0) is 23.8. The van der Waals surface area contributed by atoms with E-state index in [-0.39, 0.29) is 29.8 Å². The average Bonchev–Trinajstić information content (AvgIpc) is 3.40. The van der Waals surface area contributed by atoms with Crippen molar-refractivity contribution in [2.24, 2.45) is 5.92 Å². The molecule has 1 saturated heterocycles. The molecular formula is C22H26N4O5S2. The maximum atomic E-state index is 13.3. The highest BCUT2D eigenvalue weighted by molar-refractivity contribution is 7.89. The second-order valence-electron chi connectivity index (χ2n) is 8.04. The van der Waals surface area contributed by atoms with E-state index in [4.69, 9.17) is 9.26 Å². The quantitative estimate of drug-likeness (QED) is 0.559. The molecule has 9 nitrogen and oxygen atoms in total. The zero-order valence-corrected chi connectivity index (χ0v) is 20.5. The van der Waals surface area contributed by atoms with Crippen molar-refractivity contribution in [1.29, 1.82) is 0 Å². The summed E-state index contributed by atoms with van der Waals surface area (Å²) in [6, 6.07) is 7.18. The minimum Gasteiger partial charge on any atom is -0.495 e. The smallest absolute Gasteiger partial charge is 0.244 e. The maximum Gasteiger partial charge on any atom is 0.244 e. The van der Waals surface area contributed by atoms with Crippen molar-refractivity contribution in [1.82, 2.24) is 14.4 Å². The molecule has 0 unspecified atom stereocenters. The first-order valence-electron chi connectivity index (χ1n) is 10.6. The summed E-state index contributed by atoms with van der Waals surface area (Å²) in [6.07, 6.45) is 0.887. The molecule has 1 N–H and O–H groups in total. The van der Waals surface area contributed by atoms with E-state index in [0.717, 1.165) is 5.56 Å². The summed E-state index contributed by atoms with van der Waals surface area (Å²) in [5.74, 6) is 0.989. The van der Waals surface area contributed by atoms with E-state index in [1.54, 1.807) is 27.0 Å². The molecule has 0 aliphatic carbocycles. The minimum atomic E-state index is -3.69. The second-order valence-corrected chi connectivity index (χ2v) is 11.2. The van der Waals surface area contributed by atoms with Gasteiger partial charge in [-0.25, -0.2) is 8.42 Å². The largest absolute Gasteiger partial charge is 0.495 e.